The molecule has 16 heavy (non-hydrogen) atoms. The van der Waals surface area contributed by atoms with E-state index in [1.54, 1.807) is 11.3 Å². The fourth-order valence-corrected chi connectivity index (χ4v) is 2.35. The molecule has 0 atom stereocenters. The first-order valence-corrected chi connectivity index (χ1v) is 6.09. The minimum atomic E-state index is 0.608. The maximum atomic E-state index is 5.84. The van der Waals surface area contributed by atoms with Crippen molar-refractivity contribution < 1.29 is 4.74 Å². The second-order valence-corrected chi connectivity index (χ2v) is 5.17. The van der Waals surface area contributed by atoms with Crippen LogP contribution >= 0.6 is 11.3 Å². The molecule has 0 fully saturated rings. The van der Waals surface area contributed by atoms with Gasteiger partial charge in [0.2, 0.25) is 0 Å². The first kappa shape index (κ1) is 11.1. The Kier molecular flexibility index (Phi) is 3.25. The van der Waals surface area contributed by atoms with Gasteiger partial charge in [-0.25, -0.2) is 4.98 Å². The van der Waals surface area contributed by atoms with Crippen LogP contribution in [0.3, 0.4) is 0 Å². The normalized spacial score (nSPS) is 10.4. The number of hydrogen-bond donors (Lipinski definition) is 0. The molecule has 0 unspecified atom stereocenters. The zero-order valence-corrected chi connectivity index (χ0v) is 10.6. The number of nitrogens with zero attached hydrogens (tertiary/aromatic N) is 1. The van der Waals surface area contributed by atoms with E-state index in [2.05, 4.69) is 31.0 Å². The number of aryl methyl sites for hydroxylation is 3. The topological polar surface area (TPSA) is 22.1 Å². The molecule has 0 radical (unpaired) electrons. The summed E-state index contributed by atoms with van der Waals surface area (Å²) in [6.45, 7) is 6.75. The molecule has 1 aromatic heterocycles. The molecular weight excluding hydrogens is 218 g/mol. The summed E-state index contributed by atoms with van der Waals surface area (Å²) >= 11 is 1.68. The Bertz CT molecular complexity index is 470. The molecule has 2 rings (SSSR count). The second-order valence-electron chi connectivity index (χ2n) is 3.86. The minimum absolute atomic E-state index is 0.608. The van der Waals surface area contributed by atoms with Crippen molar-refractivity contribution in [3.8, 4) is 5.75 Å². The second kappa shape index (κ2) is 4.66. The average molecular weight is 233 g/mol. The van der Waals surface area contributed by atoms with Crippen molar-refractivity contribution in [2.24, 2.45) is 0 Å². The van der Waals surface area contributed by atoms with E-state index in [4.69, 9.17) is 4.74 Å². The van der Waals surface area contributed by atoms with E-state index in [0.29, 0.717) is 6.61 Å². The van der Waals surface area contributed by atoms with E-state index in [-0.39, 0.29) is 0 Å². The number of rotatable bonds is 3. The van der Waals surface area contributed by atoms with Gasteiger partial charge < -0.3 is 4.74 Å². The largest absolute Gasteiger partial charge is 0.487 e. The zero-order chi connectivity index (χ0) is 11.5. The first-order valence-electron chi connectivity index (χ1n) is 5.27. The van der Waals surface area contributed by atoms with Crippen LogP contribution in [0.1, 0.15) is 21.0 Å². The van der Waals surface area contributed by atoms with Gasteiger partial charge in [0.1, 0.15) is 12.4 Å². The number of ether oxygens (including phenoxy) is 1. The molecular formula is C13H15NOS. The fraction of sp³-hybridized carbons (Fsp3) is 0.308. The van der Waals surface area contributed by atoms with E-state index < -0.39 is 0 Å². The maximum Gasteiger partial charge on any atom is 0.125 e. The Morgan fingerprint density at radius 3 is 2.44 bits per heavy atom. The Hall–Kier alpha value is -1.35. The lowest BCUT2D eigenvalue weighted by atomic mass is 10.1. The van der Waals surface area contributed by atoms with Gasteiger partial charge >= 0.3 is 0 Å². The lowest BCUT2D eigenvalue weighted by Crippen LogP contribution is -1.96. The number of para-hydroxylation sites is 1. The molecule has 0 aliphatic heterocycles. The number of thiazole rings is 1. The monoisotopic (exact) mass is 233 g/mol. The lowest BCUT2D eigenvalue weighted by Gasteiger charge is -2.10. The molecule has 0 aliphatic rings. The highest BCUT2D eigenvalue weighted by Gasteiger charge is 2.04. The molecule has 1 aromatic carbocycles. The summed E-state index contributed by atoms with van der Waals surface area (Å²) in [5, 5.41) is 1.08. The Morgan fingerprint density at radius 2 is 1.88 bits per heavy atom. The molecule has 2 aromatic rings. The van der Waals surface area contributed by atoms with Gasteiger partial charge in [0.05, 0.1) is 9.88 Å². The molecule has 0 bridgehead atoms. The zero-order valence-electron chi connectivity index (χ0n) is 9.78. The SMILES string of the molecule is Cc1ncc(COc2c(C)cccc2C)s1. The molecule has 0 spiro atoms. The van der Waals surface area contributed by atoms with Gasteiger partial charge in [0.25, 0.3) is 0 Å². The van der Waals surface area contributed by atoms with Crippen molar-refractivity contribution in [3.63, 3.8) is 0 Å². The summed E-state index contributed by atoms with van der Waals surface area (Å²) in [7, 11) is 0. The molecule has 84 valence electrons. The van der Waals surface area contributed by atoms with Crippen LogP contribution in [0, 0.1) is 20.8 Å². The number of hydrogen-bond acceptors (Lipinski definition) is 3. The Labute approximate surface area is 99.9 Å². The summed E-state index contributed by atoms with van der Waals surface area (Å²) in [5.41, 5.74) is 2.36. The summed E-state index contributed by atoms with van der Waals surface area (Å²) in [5.74, 6) is 0.994. The van der Waals surface area contributed by atoms with E-state index >= 15 is 0 Å². The third kappa shape index (κ3) is 2.42. The van der Waals surface area contributed by atoms with Crippen molar-refractivity contribution in [1.82, 2.24) is 4.98 Å². The molecule has 0 saturated heterocycles. The van der Waals surface area contributed by atoms with Gasteiger partial charge in [-0.2, -0.15) is 0 Å². The van der Waals surface area contributed by atoms with E-state index in [9.17, 15) is 0 Å². The average Bonchev–Trinajstić information content (AvgIpc) is 2.63. The summed E-state index contributed by atoms with van der Waals surface area (Å²) < 4.78 is 5.84. The molecule has 0 amide bonds. The highest BCUT2D eigenvalue weighted by molar-refractivity contribution is 7.11. The van der Waals surface area contributed by atoms with Crippen LogP contribution in [-0.2, 0) is 6.61 Å². The predicted octanol–water partition coefficient (Wildman–Crippen LogP) is 3.65. The van der Waals surface area contributed by atoms with Gasteiger partial charge in [-0.1, -0.05) is 18.2 Å². The van der Waals surface area contributed by atoms with Crippen LogP contribution in [-0.4, -0.2) is 4.98 Å². The number of benzene rings is 1. The van der Waals surface area contributed by atoms with Crippen molar-refractivity contribution in [2.75, 3.05) is 0 Å². The fourth-order valence-electron chi connectivity index (χ4n) is 1.64. The van der Waals surface area contributed by atoms with Crippen LogP contribution in [0.2, 0.25) is 0 Å². The summed E-state index contributed by atoms with van der Waals surface area (Å²) in [6.07, 6.45) is 1.88. The molecule has 3 heteroatoms. The van der Waals surface area contributed by atoms with Crippen LogP contribution < -0.4 is 4.74 Å². The summed E-state index contributed by atoms with van der Waals surface area (Å²) in [6, 6.07) is 6.19. The van der Waals surface area contributed by atoms with Crippen molar-refractivity contribution in [2.45, 2.75) is 27.4 Å². The van der Waals surface area contributed by atoms with E-state index in [0.717, 1.165) is 10.8 Å². The maximum absolute atomic E-state index is 5.84. The smallest absolute Gasteiger partial charge is 0.125 e. The van der Waals surface area contributed by atoms with Crippen molar-refractivity contribution >= 4 is 11.3 Å². The van der Waals surface area contributed by atoms with Gasteiger partial charge in [-0.15, -0.1) is 11.3 Å². The van der Waals surface area contributed by atoms with Gasteiger partial charge in [-0.3, -0.25) is 0 Å². The van der Waals surface area contributed by atoms with Crippen molar-refractivity contribution in [3.05, 3.63) is 45.4 Å². The van der Waals surface area contributed by atoms with Crippen LogP contribution in [0.15, 0.2) is 24.4 Å². The third-order valence-corrected chi connectivity index (χ3v) is 3.32. The highest BCUT2D eigenvalue weighted by Crippen LogP contribution is 2.24. The van der Waals surface area contributed by atoms with Crippen LogP contribution in [0.4, 0.5) is 0 Å². The highest BCUT2D eigenvalue weighted by atomic mass is 32.1. The molecule has 0 saturated carbocycles. The molecule has 0 aliphatic carbocycles. The van der Waals surface area contributed by atoms with Gasteiger partial charge in [-0.05, 0) is 31.9 Å². The molecule has 1 heterocycles. The molecule has 0 N–H and O–H groups in total. The molecule has 2 nitrogen and oxygen atoms in total. The first-order chi connectivity index (χ1) is 7.66. The van der Waals surface area contributed by atoms with E-state index in [1.807, 2.05) is 19.2 Å². The van der Waals surface area contributed by atoms with Crippen molar-refractivity contribution in [1.29, 1.82) is 0 Å². The van der Waals surface area contributed by atoms with E-state index in [1.165, 1.54) is 16.0 Å². The summed E-state index contributed by atoms with van der Waals surface area (Å²) in [4.78, 5) is 5.38. The standard InChI is InChI=1S/C13H15NOS/c1-9-5-4-6-10(2)13(9)15-8-12-7-14-11(3)16-12/h4-7H,8H2,1-3H3. The van der Waals surface area contributed by atoms with Crippen LogP contribution in [0.5, 0.6) is 5.75 Å². The minimum Gasteiger partial charge on any atom is -0.487 e. The quantitative estimate of drug-likeness (QED) is 0.807. The number of aromatic nitrogens is 1. The van der Waals surface area contributed by atoms with Gasteiger partial charge in [0, 0.05) is 6.20 Å². The van der Waals surface area contributed by atoms with Gasteiger partial charge in [0.15, 0.2) is 0 Å². The Morgan fingerprint density at radius 1 is 1.19 bits per heavy atom. The Balaban J connectivity index is 2.10. The van der Waals surface area contributed by atoms with Crippen LogP contribution in [0.25, 0.3) is 0 Å². The lowest BCUT2D eigenvalue weighted by molar-refractivity contribution is 0.305. The predicted molar refractivity (Wildman–Crippen MR) is 67.1 cm³/mol. The third-order valence-electron chi connectivity index (χ3n) is 2.44.